The maximum atomic E-state index is 12.5. The third-order valence-electron chi connectivity index (χ3n) is 4.58. The van der Waals surface area contributed by atoms with Gasteiger partial charge in [0.15, 0.2) is 0 Å². The molecule has 27 heavy (non-hydrogen) atoms. The zero-order valence-corrected chi connectivity index (χ0v) is 15.2. The average Bonchev–Trinajstić information content (AvgIpc) is 2.66. The number of anilines is 1. The number of benzene rings is 1. The van der Waals surface area contributed by atoms with E-state index in [1.807, 2.05) is 49.4 Å². The normalized spacial score (nSPS) is 16.9. The lowest BCUT2D eigenvalue weighted by Gasteiger charge is -2.41. The van der Waals surface area contributed by atoms with Crippen molar-refractivity contribution in [3.63, 3.8) is 0 Å². The third kappa shape index (κ3) is 4.97. The summed E-state index contributed by atoms with van der Waals surface area (Å²) in [6.07, 6.45) is 1.13. The van der Waals surface area contributed by atoms with Gasteiger partial charge in [-0.15, -0.1) is 0 Å². The Balaban J connectivity index is 1.67. The molecule has 0 radical (unpaired) electrons. The number of rotatable bonds is 5. The lowest BCUT2D eigenvalue weighted by molar-refractivity contribution is -0.138. The van der Waals surface area contributed by atoms with E-state index in [0.29, 0.717) is 19.6 Å². The number of carboxylic acids is 1. The zero-order valence-electron chi connectivity index (χ0n) is 15.2. The number of aromatic nitrogens is 1. The Kier molecular flexibility index (Phi) is 5.90. The Morgan fingerprint density at radius 3 is 2.70 bits per heavy atom. The number of hydrogen-bond acceptors (Lipinski definition) is 5. The average molecular weight is 369 g/mol. The molecule has 1 atom stereocenters. The number of carbonyl (C=O) groups is 2. The van der Waals surface area contributed by atoms with Gasteiger partial charge in [0.1, 0.15) is 6.61 Å². The van der Waals surface area contributed by atoms with Gasteiger partial charge in [0.2, 0.25) is 0 Å². The van der Waals surface area contributed by atoms with E-state index in [2.05, 4.69) is 9.88 Å². The minimum atomic E-state index is -0.936. The molecule has 1 amide bonds. The van der Waals surface area contributed by atoms with E-state index >= 15 is 0 Å². The monoisotopic (exact) mass is 369 g/mol. The number of amides is 1. The van der Waals surface area contributed by atoms with E-state index in [9.17, 15) is 14.7 Å². The van der Waals surface area contributed by atoms with E-state index in [1.165, 1.54) is 4.90 Å². The summed E-state index contributed by atoms with van der Waals surface area (Å²) in [6, 6.07) is 12.8. The second-order valence-electron chi connectivity index (χ2n) is 6.59. The number of carboxylic acid groups (broad SMARTS) is 1. The summed E-state index contributed by atoms with van der Waals surface area (Å²) in [7, 11) is 0. The van der Waals surface area contributed by atoms with Crippen LogP contribution in [0.2, 0.25) is 0 Å². The van der Waals surface area contributed by atoms with Gasteiger partial charge in [0.05, 0.1) is 12.5 Å². The molecule has 0 bridgehead atoms. The number of pyridine rings is 1. The van der Waals surface area contributed by atoms with Crippen LogP contribution in [0, 0.1) is 6.92 Å². The second kappa shape index (κ2) is 8.53. The minimum absolute atomic E-state index is 0.124. The lowest BCUT2D eigenvalue weighted by atomic mass is 10.1. The first-order valence-corrected chi connectivity index (χ1v) is 8.89. The number of carbonyl (C=O) groups excluding carboxylic acids is 1. The van der Waals surface area contributed by atoms with Crippen molar-refractivity contribution in [3.05, 3.63) is 59.9 Å². The summed E-state index contributed by atoms with van der Waals surface area (Å²) in [5.41, 5.74) is 2.77. The van der Waals surface area contributed by atoms with Crippen molar-refractivity contribution >= 4 is 17.7 Å². The molecule has 3 rings (SSSR count). The molecule has 2 heterocycles. The Morgan fingerprint density at radius 2 is 2.00 bits per heavy atom. The molecule has 7 heteroatoms. The maximum Gasteiger partial charge on any atom is 0.410 e. The molecule has 2 aromatic rings. The Bertz CT molecular complexity index is 797. The predicted molar refractivity (Wildman–Crippen MR) is 101 cm³/mol. The Hall–Kier alpha value is -3.09. The van der Waals surface area contributed by atoms with Crippen molar-refractivity contribution in [1.82, 2.24) is 9.88 Å². The first-order chi connectivity index (χ1) is 13.0. The molecule has 0 spiro atoms. The summed E-state index contributed by atoms with van der Waals surface area (Å²) in [4.78, 5) is 31.7. The van der Waals surface area contributed by atoms with Gasteiger partial charge >= 0.3 is 12.1 Å². The molecule has 0 saturated carbocycles. The first-order valence-electron chi connectivity index (χ1n) is 8.89. The molecule has 1 saturated heterocycles. The highest BCUT2D eigenvalue weighted by Gasteiger charge is 2.33. The molecule has 0 aliphatic carbocycles. The molecule has 1 aromatic heterocycles. The van der Waals surface area contributed by atoms with Crippen LogP contribution in [0.4, 0.5) is 10.5 Å². The van der Waals surface area contributed by atoms with Gasteiger partial charge in [0.25, 0.3) is 0 Å². The fourth-order valence-electron chi connectivity index (χ4n) is 3.24. The van der Waals surface area contributed by atoms with Crippen molar-refractivity contribution in [2.24, 2.45) is 0 Å². The van der Waals surface area contributed by atoms with Crippen LogP contribution in [0.15, 0.2) is 48.7 Å². The van der Waals surface area contributed by atoms with Crippen molar-refractivity contribution in [3.8, 4) is 0 Å². The van der Waals surface area contributed by atoms with Gasteiger partial charge < -0.3 is 19.6 Å². The van der Waals surface area contributed by atoms with E-state index < -0.39 is 18.1 Å². The van der Waals surface area contributed by atoms with Gasteiger partial charge in [-0.3, -0.25) is 9.78 Å². The van der Waals surface area contributed by atoms with Crippen LogP contribution in [0.5, 0.6) is 0 Å². The quantitative estimate of drug-likeness (QED) is 0.872. The van der Waals surface area contributed by atoms with Crippen LogP contribution in [0.3, 0.4) is 0 Å². The van der Waals surface area contributed by atoms with E-state index in [1.54, 1.807) is 6.20 Å². The molecule has 142 valence electrons. The second-order valence-corrected chi connectivity index (χ2v) is 6.59. The fraction of sp³-hybridized carbons (Fsp3) is 0.350. The number of nitrogens with zero attached hydrogens (tertiary/aromatic N) is 3. The van der Waals surface area contributed by atoms with E-state index in [0.717, 1.165) is 16.9 Å². The number of aryl methyl sites for hydroxylation is 1. The van der Waals surface area contributed by atoms with Gasteiger partial charge in [-0.2, -0.15) is 0 Å². The smallest absolute Gasteiger partial charge is 0.410 e. The highest BCUT2D eigenvalue weighted by atomic mass is 16.6. The van der Waals surface area contributed by atoms with E-state index in [-0.39, 0.29) is 13.0 Å². The van der Waals surface area contributed by atoms with Crippen molar-refractivity contribution in [2.45, 2.75) is 26.0 Å². The summed E-state index contributed by atoms with van der Waals surface area (Å²) in [5, 5.41) is 9.27. The molecule has 1 N–H and O–H groups in total. The molecule has 7 nitrogen and oxygen atoms in total. The highest BCUT2D eigenvalue weighted by molar-refractivity contribution is 5.72. The molecule has 1 aliphatic heterocycles. The van der Waals surface area contributed by atoms with Gasteiger partial charge in [-0.25, -0.2) is 4.79 Å². The minimum Gasteiger partial charge on any atom is -0.481 e. The molecule has 1 unspecified atom stereocenters. The van der Waals surface area contributed by atoms with Crippen molar-refractivity contribution in [2.75, 3.05) is 24.5 Å². The molecule has 1 fully saturated rings. The number of piperazine rings is 1. The SMILES string of the molecule is Cc1cc(N2CCN(C(=O)OCc3ccccc3)C(CC(=O)O)C2)ccn1. The fourth-order valence-corrected chi connectivity index (χ4v) is 3.24. The molecule has 1 aromatic carbocycles. The van der Waals surface area contributed by atoms with E-state index in [4.69, 9.17) is 4.74 Å². The summed E-state index contributed by atoms with van der Waals surface area (Å²) in [6.45, 7) is 3.54. The first kappa shape index (κ1) is 18.7. The van der Waals surface area contributed by atoms with Crippen molar-refractivity contribution in [1.29, 1.82) is 0 Å². The highest BCUT2D eigenvalue weighted by Crippen LogP contribution is 2.22. The van der Waals surface area contributed by atoms with Gasteiger partial charge in [0, 0.05) is 37.2 Å². The van der Waals surface area contributed by atoms with Gasteiger partial charge in [-0.05, 0) is 24.6 Å². The summed E-state index contributed by atoms with van der Waals surface area (Å²) < 4.78 is 5.40. The Labute approximate surface area is 158 Å². The summed E-state index contributed by atoms with van der Waals surface area (Å²) >= 11 is 0. The third-order valence-corrected chi connectivity index (χ3v) is 4.58. The zero-order chi connectivity index (χ0) is 19.2. The standard InChI is InChI=1S/C20H23N3O4/c1-15-11-17(7-8-21-15)22-9-10-23(18(13-22)12-19(24)25)20(26)27-14-16-5-3-2-4-6-16/h2-8,11,18H,9-10,12-14H2,1H3,(H,24,25). The number of hydrogen-bond donors (Lipinski definition) is 1. The molecular formula is C20H23N3O4. The maximum absolute atomic E-state index is 12.5. The largest absolute Gasteiger partial charge is 0.481 e. The van der Waals surface area contributed by atoms with Crippen LogP contribution < -0.4 is 4.90 Å². The lowest BCUT2D eigenvalue weighted by Crippen LogP contribution is -2.56. The van der Waals surface area contributed by atoms with Crippen LogP contribution in [-0.4, -0.2) is 52.7 Å². The van der Waals surface area contributed by atoms with Gasteiger partial charge in [-0.1, -0.05) is 30.3 Å². The van der Waals surface area contributed by atoms with Crippen LogP contribution >= 0.6 is 0 Å². The van der Waals surface area contributed by atoms with Crippen LogP contribution in [0.1, 0.15) is 17.7 Å². The summed E-state index contributed by atoms with van der Waals surface area (Å²) in [5.74, 6) is -0.936. The van der Waals surface area contributed by atoms with Crippen LogP contribution in [-0.2, 0) is 16.1 Å². The molecule has 1 aliphatic rings. The van der Waals surface area contributed by atoms with Crippen LogP contribution in [0.25, 0.3) is 0 Å². The predicted octanol–water partition coefficient (Wildman–Crippen LogP) is 2.69. The number of ether oxygens (including phenoxy) is 1. The topological polar surface area (TPSA) is 83.0 Å². The molecular weight excluding hydrogens is 346 g/mol. The number of aliphatic carboxylic acids is 1. The van der Waals surface area contributed by atoms with Crippen molar-refractivity contribution < 1.29 is 19.4 Å². The Morgan fingerprint density at radius 1 is 1.22 bits per heavy atom.